The number of hydrogen-bond acceptors (Lipinski definition) is 4. The van der Waals surface area contributed by atoms with Gasteiger partial charge in [-0.15, -0.1) is 0 Å². The Kier molecular flexibility index (Phi) is 8.99. The lowest BCUT2D eigenvalue weighted by Crippen LogP contribution is -2.20. The Bertz CT molecular complexity index is 1190. The summed E-state index contributed by atoms with van der Waals surface area (Å²) in [6.07, 6.45) is 0.854. The Labute approximate surface area is 211 Å². The summed E-state index contributed by atoms with van der Waals surface area (Å²) >= 11 is 3.73. The van der Waals surface area contributed by atoms with Gasteiger partial charge in [0, 0.05) is 28.4 Å². The van der Waals surface area contributed by atoms with Gasteiger partial charge in [0.2, 0.25) is 0 Å². The van der Waals surface area contributed by atoms with Crippen LogP contribution in [-0.4, -0.2) is 40.1 Å². The first kappa shape index (κ1) is 26.8. The van der Waals surface area contributed by atoms with E-state index in [1.165, 1.54) is 37.5 Å². The lowest BCUT2D eigenvalue weighted by Gasteiger charge is -2.15. The second kappa shape index (κ2) is 11.7. The fourth-order valence-corrected chi connectivity index (χ4v) is 5.00. The van der Waals surface area contributed by atoms with Crippen molar-refractivity contribution in [2.75, 3.05) is 7.11 Å². The van der Waals surface area contributed by atoms with Crippen LogP contribution in [0.3, 0.4) is 0 Å². The number of ether oxygens (including phenoxy) is 1. The van der Waals surface area contributed by atoms with Gasteiger partial charge in [-0.25, -0.2) is 8.78 Å². The van der Waals surface area contributed by atoms with Gasteiger partial charge in [0.15, 0.2) is 0 Å². The third kappa shape index (κ3) is 6.45. The Morgan fingerprint density at radius 1 is 1.03 bits per heavy atom. The maximum atomic E-state index is 13.7. The number of esters is 1. The summed E-state index contributed by atoms with van der Waals surface area (Å²) < 4.78 is 34.6. The van der Waals surface area contributed by atoms with E-state index in [9.17, 15) is 23.8 Å². The number of methoxy groups -OCH3 is 1. The predicted octanol–water partition coefficient (Wildman–Crippen LogP) is 6.13. The molecule has 0 saturated heterocycles. The minimum absolute atomic E-state index is 0.0458. The average Bonchev–Trinajstić information content (AvgIpc) is 3.10. The number of benzene rings is 2. The second-order valence-corrected chi connectivity index (χ2v) is 9.33. The van der Waals surface area contributed by atoms with Crippen LogP contribution in [0.15, 0.2) is 59.1 Å². The molecule has 0 amide bonds. The molecule has 0 fully saturated rings. The van der Waals surface area contributed by atoms with E-state index in [1.807, 2.05) is 18.4 Å². The van der Waals surface area contributed by atoms with Gasteiger partial charge in [-0.1, -0.05) is 26.0 Å². The molecule has 3 rings (SSSR count). The van der Waals surface area contributed by atoms with E-state index in [2.05, 4.69) is 20.7 Å². The van der Waals surface area contributed by atoms with Crippen LogP contribution in [0.4, 0.5) is 8.78 Å². The lowest BCUT2D eigenvalue weighted by atomic mass is 10.0. The summed E-state index contributed by atoms with van der Waals surface area (Å²) in [5, 5.41) is 20.6. The minimum Gasteiger partial charge on any atom is -0.469 e. The van der Waals surface area contributed by atoms with E-state index >= 15 is 0 Å². The molecule has 2 atom stereocenters. The maximum Gasteiger partial charge on any atom is 0.308 e. The van der Waals surface area contributed by atoms with Crippen LogP contribution in [0.1, 0.15) is 38.3 Å². The van der Waals surface area contributed by atoms with Crippen LogP contribution >= 0.6 is 15.9 Å². The fraction of sp³-hybridized carbons (Fsp3) is 0.296. The third-order valence-electron chi connectivity index (χ3n) is 5.58. The number of carbonyl (C=O) groups is 1. The Balaban J connectivity index is 2.12. The molecule has 0 spiro atoms. The first-order chi connectivity index (χ1) is 16.6. The number of carbonyl (C=O) groups excluding carboxylic acids is 1. The summed E-state index contributed by atoms with van der Waals surface area (Å²) in [6.45, 7) is 4.04. The number of halogens is 3. The molecule has 0 saturated carbocycles. The van der Waals surface area contributed by atoms with Crippen LogP contribution in [0, 0.1) is 11.6 Å². The van der Waals surface area contributed by atoms with Crippen LogP contribution < -0.4 is 0 Å². The van der Waals surface area contributed by atoms with Gasteiger partial charge < -0.3 is 19.5 Å². The summed E-state index contributed by atoms with van der Waals surface area (Å²) in [7, 11) is 1.23. The molecule has 3 aromatic rings. The molecule has 186 valence electrons. The molecule has 35 heavy (non-hydrogen) atoms. The zero-order valence-electron chi connectivity index (χ0n) is 19.7. The van der Waals surface area contributed by atoms with E-state index < -0.39 is 18.2 Å². The summed E-state index contributed by atoms with van der Waals surface area (Å²) in [5.41, 5.74) is 3.90. The molecule has 1 aromatic heterocycles. The molecule has 0 aliphatic rings. The van der Waals surface area contributed by atoms with Gasteiger partial charge >= 0.3 is 5.97 Å². The van der Waals surface area contributed by atoms with Crippen molar-refractivity contribution in [3.63, 3.8) is 0 Å². The van der Waals surface area contributed by atoms with Crippen molar-refractivity contribution in [3.8, 4) is 22.4 Å². The van der Waals surface area contributed by atoms with E-state index in [-0.39, 0.29) is 30.4 Å². The van der Waals surface area contributed by atoms with E-state index in [0.717, 1.165) is 32.6 Å². The summed E-state index contributed by atoms with van der Waals surface area (Å²) in [6, 6.07) is 12.2. The molecule has 0 bridgehead atoms. The van der Waals surface area contributed by atoms with Gasteiger partial charge in [-0.2, -0.15) is 0 Å². The van der Waals surface area contributed by atoms with E-state index in [1.54, 1.807) is 30.5 Å². The highest BCUT2D eigenvalue weighted by atomic mass is 79.9. The minimum atomic E-state index is -1.06. The molecular formula is C27H28BrF2NO4. The van der Waals surface area contributed by atoms with Crippen LogP contribution in [0.25, 0.3) is 28.6 Å². The lowest BCUT2D eigenvalue weighted by molar-refractivity contribution is -0.143. The molecule has 1 heterocycles. The van der Waals surface area contributed by atoms with Gasteiger partial charge in [-0.3, -0.25) is 4.79 Å². The number of nitrogens with zero attached hydrogens (tertiary/aromatic N) is 1. The third-order valence-corrected chi connectivity index (χ3v) is 6.38. The number of rotatable bonds is 9. The Hall–Kier alpha value is -2.81. The van der Waals surface area contributed by atoms with Crippen molar-refractivity contribution in [2.45, 2.75) is 44.8 Å². The maximum absolute atomic E-state index is 13.7. The normalized spacial score (nSPS) is 13.4. The summed E-state index contributed by atoms with van der Waals surface area (Å²) in [4.78, 5) is 11.4. The number of hydrogen-bond donors (Lipinski definition) is 2. The first-order valence-corrected chi connectivity index (χ1v) is 12.0. The average molecular weight is 548 g/mol. The molecule has 5 nitrogen and oxygen atoms in total. The largest absolute Gasteiger partial charge is 0.469 e. The van der Waals surface area contributed by atoms with Crippen molar-refractivity contribution < 1.29 is 28.5 Å². The number of aliphatic hydroxyl groups is 2. The molecule has 0 radical (unpaired) electrons. The molecule has 0 unspecified atom stereocenters. The molecule has 2 N–H and O–H groups in total. The Morgan fingerprint density at radius 2 is 1.57 bits per heavy atom. The van der Waals surface area contributed by atoms with Gasteiger partial charge in [0.25, 0.3) is 0 Å². The van der Waals surface area contributed by atoms with Crippen molar-refractivity contribution >= 4 is 28.1 Å². The van der Waals surface area contributed by atoms with Crippen LogP contribution in [-0.2, 0) is 9.53 Å². The Morgan fingerprint density at radius 3 is 2.09 bits per heavy atom. The highest BCUT2D eigenvalue weighted by molar-refractivity contribution is 9.10. The van der Waals surface area contributed by atoms with Crippen molar-refractivity contribution in [3.05, 3.63) is 76.4 Å². The standard InChI is InChI=1S/C27H28BrF2NO4/c1-16(2)26-25(28)24(17-4-8-19(29)9-5-17)27(18-6-10-20(30)11-7-18)31(26)13-12-21(32)14-22(33)15-23(34)35-3/h4-13,16,21-22,32-33H,14-15H2,1-3H3/b13-12+/t21-,22-/m0/s1. The van der Waals surface area contributed by atoms with E-state index in [4.69, 9.17) is 0 Å². The highest BCUT2D eigenvalue weighted by Crippen LogP contribution is 2.45. The van der Waals surface area contributed by atoms with Gasteiger partial charge in [-0.05, 0) is 75.4 Å². The fourth-order valence-electron chi connectivity index (χ4n) is 3.94. The monoisotopic (exact) mass is 547 g/mol. The molecule has 8 heteroatoms. The topological polar surface area (TPSA) is 71.7 Å². The number of aliphatic hydroxyl groups excluding tert-OH is 2. The van der Waals surface area contributed by atoms with E-state index in [0.29, 0.717) is 0 Å². The van der Waals surface area contributed by atoms with Crippen LogP contribution in [0.5, 0.6) is 0 Å². The quantitative estimate of drug-likeness (QED) is 0.316. The van der Waals surface area contributed by atoms with Crippen molar-refractivity contribution in [1.82, 2.24) is 4.57 Å². The molecule has 0 aliphatic carbocycles. The first-order valence-electron chi connectivity index (χ1n) is 11.2. The van der Waals surface area contributed by atoms with Crippen molar-refractivity contribution in [1.29, 1.82) is 0 Å². The van der Waals surface area contributed by atoms with Gasteiger partial charge in [0.1, 0.15) is 11.6 Å². The van der Waals surface area contributed by atoms with Crippen LogP contribution in [0.2, 0.25) is 0 Å². The highest BCUT2D eigenvalue weighted by Gasteiger charge is 2.25. The molecule has 0 aliphatic heterocycles. The second-order valence-electron chi connectivity index (χ2n) is 8.54. The van der Waals surface area contributed by atoms with Gasteiger partial charge in [0.05, 0.1) is 31.4 Å². The molecular weight excluding hydrogens is 520 g/mol. The zero-order chi connectivity index (χ0) is 25.7. The molecule has 2 aromatic carbocycles. The number of aromatic nitrogens is 1. The zero-order valence-corrected chi connectivity index (χ0v) is 21.3. The summed E-state index contributed by atoms with van der Waals surface area (Å²) in [5.74, 6) is -1.24. The predicted molar refractivity (Wildman–Crippen MR) is 136 cm³/mol. The smallest absolute Gasteiger partial charge is 0.308 e. The SMILES string of the molecule is COC(=O)C[C@@H](O)C[C@@H](O)/C=C/n1c(-c2ccc(F)cc2)c(-c2ccc(F)cc2)c(Br)c1C(C)C. The van der Waals surface area contributed by atoms with Crippen molar-refractivity contribution in [2.24, 2.45) is 0 Å².